The van der Waals surface area contributed by atoms with Gasteiger partial charge in [-0.3, -0.25) is 0 Å². The molecule has 1 aliphatic heterocycles. The lowest BCUT2D eigenvalue weighted by molar-refractivity contribution is -0.112. The number of hydrogen-bond donors (Lipinski definition) is 0. The number of carbonyl (C=O) groups is 1. The summed E-state index contributed by atoms with van der Waals surface area (Å²) < 4.78 is 0. The molecule has 0 bridgehead atoms. The Hall–Kier alpha value is -0.800. The van der Waals surface area contributed by atoms with Crippen LogP contribution < -0.4 is 0 Å². The van der Waals surface area contributed by atoms with Crippen molar-refractivity contribution in [3.63, 3.8) is 0 Å². The number of aldehydes is 1. The van der Waals surface area contributed by atoms with E-state index in [1.807, 2.05) is 30.0 Å². The van der Waals surface area contributed by atoms with Gasteiger partial charge in [-0.1, -0.05) is 30.3 Å². The molecule has 19 heavy (non-hydrogen) atoms. The second kappa shape index (κ2) is 6.58. The Morgan fingerprint density at radius 2 is 1.95 bits per heavy atom. The van der Waals surface area contributed by atoms with Crippen LogP contribution in [0.3, 0.4) is 0 Å². The van der Waals surface area contributed by atoms with Crippen LogP contribution >= 0.6 is 11.8 Å². The highest BCUT2D eigenvalue weighted by Gasteiger charge is 2.30. The summed E-state index contributed by atoms with van der Waals surface area (Å²) in [5.74, 6) is 0. The van der Waals surface area contributed by atoms with Gasteiger partial charge in [0.25, 0.3) is 0 Å². The molecule has 1 unspecified atom stereocenters. The highest BCUT2D eigenvalue weighted by Crippen LogP contribution is 2.26. The minimum absolute atomic E-state index is 0.381. The van der Waals surface area contributed by atoms with Crippen molar-refractivity contribution in [1.82, 2.24) is 4.90 Å². The molecular weight excluding hydrogens is 254 g/mol. The number of hydrogen-bond acceptors (Lipinski definition) is 3. The number of nitrogens with zero attached hydrogens (tertiary/aromatic N) is 1. The summed E-state index contributed by atoms with van der Waals surface area (Å²) in [6, 6.07) is 10.1. The number of carbonyl (C=O) groups excluding carboxylic acids is 1. The maximum Gasteiger partial charge on any atom is 0.131 e. The number of piperidine rings is 1. The lowest BCUT2D eigenvalue weighted by Gasteiger charge is -2.36. The molecule has 2 nitrogen and oxygen atoms in total. The lowest BCUT2D eigenvalue weighted by atomic mass is 9.83. The van der Waals surface area contributed by atoms with E-state index in [9.17, 15) is 4.79 Å². The summed E-state index contributed by atoms with van der Waals surface area (Å²) in [5, 5.41) is 0.801. The molecule has 0 spiro atoms. The van der Waals surface area contributed by atoms with Crippen molar-refractivity contribution in [2.24, 2.45) is 0 Å². The number of likely N-dealkylation sites (tertiary alicyclic amines) is 1. The van der Waals surface area contributed by atoms with Crippen molar-refractivity contribution in [2.75, 3.05) is 25.9 Å². The van der Waals surface area contributed by atoms with Crippen LogP contribution in [0.5, 0.6) is 0 Å². The molecule has 2 rings (SSSR count). The molecule has 0 saturated carbocycles. The first-order valence-corrected chi connectivity index (χ1v) is 8.24. The predicted octanol–water partition coefficient (Wildman–Crippen LogP) is 2.97. The number of benzene rings is 1. The van der Waals surface area contributed by atoms with Gasteiger partial charge in [0, 0.05) is 11.8 Å². The van der Waals surface area contributed by atoms with E-state index in [-0.39, 0.29) is 5.41 Å². The summed E-state index contributed by atoms with van der Waals surface area (Å²) in [6.45, 7) is 5.11. The second-order valence-corrected chi connectivity index (χ2v) is 6.75. The van der Waals surface area contributed by atoms with Crippen molar-refractivity contribution in [3.05, 3.63) is 35.9 Å². The van der Waals surface area contributed by atoms with Crippen molar-refractivity contribution >= 4 is 18.0 Å². The predicted molar refractivity (Wildman–Crippen MR) is 82.8 cm³/mol. The average Bonchev–Trinajstić information content (AvgIpc) is 2.49. The fourth-order valence-electron chi connectivity index (χ4n) is 2.78. The molecule has 0 radical (unpaired) electrons. The maximum atomic E-state index is 11.6. The quantitative estimate of drug-likeness (QED) is 0.772. The van der Waals surface area contributed by atoms with Gasteiger partial charge in [-0.2, -0.15) is 11.8 Å². The van der Waals surface area contributed by atoms with Gasteiger partial charge in [0.1, 0.15) is 6.29 Å². The van der Waals surface area contributed by atoms with Crippen molar-refractivity contribution in [2.45, 2.75) is 30.4 Å². The zero-order valence-corrected chi connectivity index (χ0v) is 12.7. The fourth-order valence-corrected chi connectivity index (χ4v) is 3.47. The third-order valence-corrected chi connectivity index (χ3v) is 5.25. The summed E-state index contributed by atoms with van der Waals surface area (Å²) in [7, 11) is 0. The largest absolute Gasteiger partial charge is 0.302 e. The molecule has 1 aromatic rings. The van der Waals surface area contributed by atoms with Crippen LogP contribution in [0.15, 0.2) is 30.3 Å². The summed E-state index contributed by atoms with van der Waals surface area (Å²) >= 11 is 1.97. The Bertz CT molecular complexity index is 400. The van der Waals surface area contributed by atoms with Crippen LogP contribution in [0.1, 0.15) is 25.3 Å². The first-order valence-electron chi connectivity index (χ1n) is 6.95. The Kier molecular flexibility index (Phi) is 5.06. The standard InChI is InChI=1S/C16H23NOS/c1-16(13-18,14-6-4-3-5-7-14)12-17-10-8-15(19-2)9-11-17/h3-7,13,15H,8-12H2,1-2H3. The van der Waals surface area contributed by atoms with E-state index in [4.69, 9.17) is 0 Å². The minimum atomic E-state index is -0.381. The first kappa shape index (κ1) is 14.6. The monoisotopic (exact) mass is 277 g/mol. The zero-order valence-electron chi connectivity index (χ0n) is 11.8. The van der Waals surface area contributed by atoms with E-state index in [1.54, 1.807) is 0 Å². The smallest absolute Gasteiger partial charge is 0.131 e. The van der Waals surface area contributed by atoms with Crippen LogP contribution in [0, 0.1) is 0 Å². The Morgan fingerprint density at radius 3 is 2.47 bits per heavy atom. The van der Waals surface area contributed by atoms with Crippen LogP contribution in [0.2, 0.25) is 0 Å². The van der Waals surface area contributed by atoms with Crippen molar-refractivity contribution < 1.29 is 4.79 Å². The summed E-state index contributed by atoms with van der Waals surface area (Å²) in [5.41, 5.74) is 0.741. The Morgan fingerprint density at radius 1 is 1.32 bits per heavy atom. The minimum Gasteiger partial charge on any atom is -0.302 e. The molecule has 1 saturated heterocycles. The molecule has 1 aliphatic rings. The van der Waals surface area contributed by atoms with Crippen molar-refractivity contribution in [3.8, 4) is 0 Å². The third kappa shape index (κ3) is 3.61. The van der Waals surface area contributed by atoms with Gasteiger partial charge in [0.15, 0.2) is 0 Å². The van der Waals surface area contributed by atoms with Gasteiger partial charge in [0.05, 0.1) is 5.41 Å². The number of rotatable bonds is 5. The topological polar surface area (TPSA) is 20.3 Å². The molecule has 1 fully saturated rings. The lowest BCUT2D eigenvalue weighted by Crippen LogP contribution is -2.44. The van der Waals surface area contributed by atoms with Crippen molar-refractivity contribution in [1.29, 1.82) is 0 Å². The van der Waals surface area contributed by atoms with Gasteiger partial charge >= 0.3 is 0 Å². The molecule has 0 aliphatic carbocycles. The molecule has 104 valence electrons. The molecule has 1 atom stereocenters. The second-order valence-electron chi connectivity index (χ2n) is 5.61. The highest BCUT2D eigenvalue weighted by molar-refractivity contribution is 7.99. The summed E-state index contributed by atoms with van der Waals surface area (Å²) in [6.07, 6.45) is 5.79. The molecule has 1 aromatic carbocycles. The Balaban J connectivity index is 2.02. The van der Waals surface area contributed by atoms with Gasteiger partial charge in [-0.15, -0.1) is 0 Å². The van der Waals surface area contributed by atoms with E-state index < -0.39 is 0 Å². The van der Waals surface area contributed by atoms with E-state index >= 15 is 0 Å². The normalized spacial score (nSPS) is 20.9. The SMILES string of the molecule is CSC1CCN(CC(C)(C=O)c2ccccc2)CC1. The van der Waals surface area contributed by atoms with E-state index in [2.05, 4.69) is 30.2 Å². The van der Waals surface area contributed by atoms with Crippen LogP contribution in [0.4, 0.5) is 0 Å². The maximum absolute atomic E-state index is 11.6. The van der Waals surface area contributed by atoms with E-state index in [0.717, 1.165) is 36.7 Å². The van der Waals surface area contributed by atoms with Gasteiger partial charge in [0.2, 0.25) is 0 Å². The van der Waals surface area contributed by atoms with E-state index in [0.29, 0.717) is 0 Å². The molecular formula is C16H23NOS. The van der Waals surface area contributed by atoms with Crippen LogP contribution in [-0.4, -0.2) is 42.3 Å². The molecule has 0 amide bonds. The third-order valence-electron chi connectivity index (χ3n) is 4.11. The Labute approximate surface area is 120 Å². The number of thioether (sulfide) groups is 1. The van der Waals surface area contributed by atoms with Gasteiger partial charge in [-0.25, -0.2) is 0 Å². The first-order chi connectivity index (χ1) is 9.18. The molecule has 0 aromatic heterocycles. The molecule has 1 heterocycles. The van der Waals surface area contributed by atoms with Gasteiger partial charge in [-0.05, 0) is 44.7 Å². The molecule has 3 heteroatoms. The van der Waals surface area contributed by atoms with Crippen LogP contribution in [0.25, 0.3) is 0 Å². The summed E-state index contributed by atoms with van der Waals surface area (Å²) in [4.78, 5) is 14.0. The molecule has 0 N–H and O–H groups in total. The zero-order chi connectivity index (χ0) is 13.7. The van der Waals surface area contributed by atoms with Crippen LogP contribution in [-0.2, 0) is 10.2 Å². The average molecular weight is 277 g/mol. The highest BCUT2D eigenvalue weighted by atomic mass is 32.2. The van der Waals surface area contributed by atoms with Gasteiger partial charge < -0.3 is 9.69 Å². The fraction of sp³-hybridized carbons (Fsp3) is 0.562. The van der Waals surface area contributed by atoms with E-state index in [1.165, 1.54) is 12.8 Å².